The van der Waals surface area contributed by atoms with Crippen LogP contribution in [0.4, 0.5) is 0 Å². The predicted molar refractivity (Wildman–Crippen MR) is 64.2 cm³/mol. The number of ketones is 1. The van der Waals surface area contributed by atoms with Crippen molar-refractivity contribution in [1.82, 2.24) is 0 Å². The summed E-state index contributed by atoms with van der Waals surface area (Å²) in [4.78, 5) is 22.3. The molecule has 2 rings (SSSR count). The van der Waals surface area contributed by atoms with Crippen molar-refractivity contribution in [3.63, 3.8) is 0 Å². The van der Waals surface area contributed by atoms with Gasteiger partial charge >= 0.3 is 0 Å². The number of hydrogen-bond donors (Lipinski definition) is 1. The van der Waals surface area contributed by atoms with Gasteiger partial charge in [0.1, 0.15) is 24.2 Å². The van der Waals surface area contributed by atoms with E-state index in [1.165, 1.54) is 5.94 Å². The molecule has 1 aromatic carbocycles. The Hall–Kier alpha value is -2.16. The van der Waals surface area contributed by atoms with Gasteiger partial charge in [-0.25, -0.2) is 4.79 Å². The zero-order chi connectivity index (χ0) is 13.1. The van der Waals surface area contributed by atoms with Gasteiger partial charge in [0, 0.05) is 5.57 Å². The molecule has 1 atom stereocenters. The van der Waals surface area contributed by atoms with Crippen molar-refractivity contribution in [2.75, 3.05) is 0 Å². The second-order valence-electron chi connectivity index (χ2n) is 4.03. The molecule has 92 valence electrons. The van der Waals surface area contributed by atoms with Crippen LogP contribution in [0.1, 0.15) is 12.5 Å². The molecule has 0 aromatic heterocycles. The van der Waals surface area contributed by atoms with E-state index in [1.807, 2.05) is 30.3 Å². The lowest BCUT2D eigenvalue weighted by atomic mass is 10.1. The summed E-state index contributed by atoms with van der Waals surface area (Å²) in [5.74, 6) is 0.936. The molecular formula is C14H12O4. The highest BCUT2D eigenvalue weighted by Gasteiger charge is 2.36. The highest BCUT2D eigenvalue weighted by atomic mass is 16.5. The van der Waals surface area contributed by atoms with Crippen LogP contribution in [0, 0.1) is 0 Å². The third-order valence-corrected chi connectivity index (χ3v) is 2.83. The van der Waals surface area contributed by atoms with E-state index in [2.05, 4.69) is 0 Å². The molecule has 0 bridgehead atoms. The topological polar surface area (TPSA) is 63.6 Å². The Labute approximate surface area is 104 Å². The molecule has 1 aromatic rings. The van der Waals surface area contributed by atoms with Gasteiger partial charge in [0.25, 0.3) is 0 Å². The number of carbonyl (C=O) groups is 1. The van der Waals surface area contributed by atoms with Crippen LogP contribution < -0.4 is 0 Å². The Bertz CT molecular complexity index is 550. The largest absolute Gasteiger partial charge is 0.485 e. The van der Waals surface area contributed by atoms with Crippen LogP contribution in [0.2, 0.25) is 0 Å². The van der Waals surface area contributed by atoms with Crippen molar-refractivity contribution < 1.29 is 19.4 Å². The number of hydrogen-bond acceptors (Lipinski definition) is 4. The van der Waals surface area contributed by atoms with Crippen molar-refractivity contribution in [3.05, 3.63) is 52.8 Å². The molecule has 18 heavy (non-hydrogen) atoms. The molecule has 0 aliphatic heterocycles. The van der Waals surface area contributed by atoms with Crippen molar-refractivity contribution in [3.8, 4) is 0 Å². The first kappa shape index (κ1) is 12.3. The first-order valence-electron chi connectivity index (χ1n) is 5.50. The minimum atomic E-state index is -1.19. The number of aliphatic hydroxyl groups is 1. The summed E-state index contributed by atoms with van der Waals surface area (Å²) in [6, 6.07) is 9.33. The standard InChI is InChI=1S/C14H12O4/c1-9-12(16)11(7-15)13(17)14(9)18-8-10-5-3-2-4-6-10/h2-6,12,16H,8H2,1H3/t12-/m0/s1. The molecular weight excluding hydrogens is 232 g/mol. The molecule has 0 saturated heterocycles. The van der Waals surface area contributed by atoms with Crippen molar-refractivity contribution in [2.24, 2.45) is 0 Å². The van der Waals surface area contributed by atoms with Gasteiger partial charge in [-0.3, -0.25) is 4.79 Å². The van der Waals surface area contributed by atoms with Crippen LogP contribution in [0.3, 0.4) is 0 Å². The minimum Gasteiger partial charge on any atom is -0.485 e. The third-order valence-electron chi connectivity index (χ3n) is 2.83. The molecule has 0 amide bonds. The van der Waals surface area contributed by atoms with Gasteiger partial charge in [0.05, 0.1) is 0 Å². The summed E-state index contributed by atoms with van der Waals surface area (Å²) >= 11 is 0. The number of aliphatic hydroxyl groups excluding tert-OH is 1. The van der Waals surface area contributed by atoms with E-state index in [1.54, 1.807) is 6.92 Å². The van der Waals surface area contributed by atoms with E-state index in [9.17, 15) is 14.7 Å². The molecule has 4 heteroatoms. The molecule has 4 nitrogen and oxygen atoms in total. The van der Waals surface area contributed by atoms with E-state index in [-0.39, 0.29) is 17.9 Å². The maximum absolute atomic E-state index is 11.7. The van der Waals surface area contributed by atoms with Crippen LogP contribution in [-0.2, 0) is 20.9 Å². The zero-order valence-corrected chi connectivity index (χ0v) is 9.84. The van der Waals surface area contributed by atoms with Gasteiger partial charge in [0.15, 0.2) is 5.76 Å². The fourth-order valence-corrected chi connectivity index (χ4v) is 1.78. The second kappa shape index (κ2) is 5.00. The zero-order valence-electron chi connectivity index (χ0n) is 9.84. The molecule has 0 unspecified atom stereocenters. The molecule has 1 aliphatic rings. The van der Waals surface area contributed by atoms with Crippen LogP contribution >= 0.6 is 0 Å². The van der Waals surface area contributed by atoms with Crippen LogP contribution in [0.15, 0.2) is 47.2 Å². The summed E-state index contributed by atoms with van der Waals surface area (Å²) in [5, 5.41) is 9.64. The predicted octanol–water partition coefficient (Wildman–Crippen LogP) is 1.18. The highest BCUT2D eigenvalue weighted by Crippen LogP contribution is 2.27. The molecule has 0 heterocycles. The number of carbonyl (C=O) groups excluding carboxylic acids is 2. The first-order valence-corrected chi connectivity index (χ1v) is 5.50. The summed E-state index contributed by atoms with van der Waals surface area (Å²) in [7, 11) is 0. The van der Waals surface area contributed by atoms with Crippen LogP contribution in [-0.4, -0.2) is 22.9 Å². The molecule has 0 radical (unpaired) electrons. The highest BCUT2D eigenvalue weighted by molar-refractivity contribution is 6.16. The maximum Gasteiger partial charge on any atom is 0.237 e. The summed E-state index contributed by atoms with van der Waals surface area (Å²) < 4.78 is 5.39. The van der Waals surface area contributed by atoms with Gasteiger partial charge in [-0.05, 0) is 12.5 Å². The molecule has 1 N–H and O–H groups in total. The Morgan fingerprint density at radius 2 is 2.00 bits per heavy atom. The van der Waals surface area contributed by atoms with E-state index >= 15 is 0 Å². The van der Waals surface area contributed by atoms with E-state index in [0.717, 1.165) is 5.56 Å². The van der Waals surface area contributed by atoms with E-state index < -0.39 is 11.9 Å². The Kier molecular flexibility index (Phi) is 3.42. The molecule has 0 spiro atoms. The van der Waals surface area contributed by atoms with Gasteiger partial charge in [-0.2, -0.15) is 0 Å². The fraction of sp³-hybridized carbons (Fsp3) is 0.214. The quantitative estimate of drug-likeness (QED) is 0.640. The smallest absolute Gasteiger partial charge is 0.237 e. The first-order chi connectivity index (χ1) is 8.65. The van der Waals surface area contributed by atoms with Crippen LogP contribution in [0.5, 0.6) is 0 Å². The van der Waals surface area contributed by atoms with Crippen LogP contribution in [0.25, 0.3) is 0 Å². The van der Waals surface area contributed by atoms with Gasteiger partial charge < -0.3 is 9.84 Å². The number of benzene rings is 1. The molecule has 0 fully saturated rings. The van der Waals surface area contributed by atoms with E-state index in [0.29, 0.717) is 5.57 Å². The third kappa shape index (κ3) is 2.12. The van der Waals surface area contributed by atoms with Gasteiger partial charge in [-0.1, -0.05) is 30.3 Å². The number of allylic oxidation sites excluding steroid dienone is 1. The normalized spacial score (nSPS) is 19.1. The summed E-state index contributed by atoms with van der Waals surface area (Å²) in [6.07, 6.45) is -1.19. The monoisotopic (exact) mass is 244 g/mol. The van der Waals surface area contributed by atoms with Gasteiger partial charge in [0.2, 0.25) is 5.78 Å². The Morgan fingerprint density at radius 3 is 2.56 bits per heavy atom. The summed E-state index contributed by atoms with van der Waals surface area (Å²) in [5.41, 5.74) is 0.980. The lowest BCUT2D eigenvalue weighted by molar-refractivity contribution is -0.115. The van der Waals surface area contributed by atoms with E-state index in [4.69, 9.17) is 4.74 Å². The molecule has 0 saturated carbocycles. The Morgan fingerprint density at radius 1 is 1.33 bits per heavy atom. The SMILES string of the molecule is CC1=C(OCc2ccccc2)C(=O)C(=C=O)[C@H]1O. The summed E-state index contributed by atoms with van der Waals surface area (Å²) in [6.45, 7) is 1.78. The fourth-order valence-electron chi connectivity index (χ4n) is 1.78. The lowest BCUT2D eigenvalue weighted by Crippen LogP contribution is -2.10. The number of Topliss-reactive ketones (excluding diaryl/α,β-unsaturated/α-hetero) is 1. The lowest BCUT2D eigenvalue weighted by Gasteiger charge is -2.06. The average Bonchev–Trinajstić information content (AvgIpc) is 2.60. The number of ether oxygens (including phenoxy) is 1. The Balaban J connectivity index is 2.15. The molecule has 1 aliphatic carbocycles. The van der Waals surface area contributed by atoms with Crippen molar-refractivity contribution >= 4 is 11.7 Å². The van der Waals surface area contributed by atoms with Crippen molar-refractivity contribution in [1.29, 1.82) is 0 Å². The second-order valence-corrected chi connectivity index (χ2v) is 4.03. The number of rotatable bonds is 3. The van der Waals surface area contributed by atoms with Gasteiger partial charge in [-0.15, -0.1) is 0 Å². The maximum atomic E-state index is 11.7. The average molecular weight is 244 g/mol. The minimum absolute atomic E-state index is 0.0460. The van der Waals surface area contributed by atoms with Crippen molar-refractivity contribution in [2.45, 2.75) is 19.6 Å².